The summed E-state index contributed by atoms with van der Waals surface area (Å²) < 4.78 is 7.24. The third-order valence-corrected chi connectivity index (χ3v) is 3.68. The third-order valence-electron chi connectivity index (χ3n) is 3.68. The number of nitrogens with one attached hydrogen (secondary N) is 1. The van der Waals surface area contributed by atoms with E-state index >= 15 is 0 Å². The van der Waals surface area contributed by atoms with Gasteiger partial charge in [-0.2, -0.15) is 5.10 Å². The second-order valence-electron chi connectivity index (χ2n) is 5.40. The first-order valence-electron chi connectivity index (χ1n) is 7.46. The van der Waals surface area contributed by atoms with Crippen LogP contribution in [0.1, 0.15) is 12.5 Å². The van der Waals surface area contributed by atoms with Gasteiger partial charge in [-0.25, -0.2) is 9.48 Å². The average Bonchev–Trinajstić information content (AvgIpc) is 3.07. The van der Waals surface area contributed by atoms with Gasteiger partial charge in [-0.1, -0.05) is 12.1 Å². The maximum absolute atomic E-state index is 12.1. The number of benzene rings is 1. The molecule has 0 bridgehead atoms. The third kappa shape index (κ3) is 3.46. The molecule has 3 rings (SSSR count). The van der Waals surface area contributed by atoms with Gasteiger partial charge in [0.25, 0.3) is 0 Å². The van der Waals surface area contributed by atoms with E-state index in [-0.39, 0.29) is 12.1 Å². The first-order chi connectivity index (χ1) is 10.7. The number of rotatable bonds is 3. The second kappa shape index (κ2) is 6.62. The number of nitrogens with zero attached hydrogens (tertiary/aromatic N) is 3. The fourth-order valence-electron chi connectivity index (χ4n) is 2.48. The molecule has 1 atom stereocenters. The molecule has 2 amide bonds. The predicted molar refractivity (Wildman–Crippen MR) is 82.8 cm³/mol. The van der Waals surface area contributed by atoms with Crippen molar-refractivity contribution in [1.29, 1.82) is 0 Å². The molecule has 2 aromatic rings. The van der Waals surface area contributed by atoms with Crippen LogP contribution in [0.4, 0.5) is 4.79 Å². The monoisotopic (exact) mass is 300 g/mol. The Morgan fingerprint density at radius 2 is 2.23 bits per heavy atom. The summed E-state index contributed by atoms with van der Waals surface area (Å²) in [7, 11) is 0. The van der Waals surface area contributed by atoms with Gasteiger partial charge in [-0.05, 0) is 30.7 Å². The van der Waals surface area contributed by atoms with Gasteiger partial charge in [0.15, 0.2) is 0 Å². The lowest BCUT2D eigenvalue weighted by Crippen LogP contribution is -2.48. The molecular formula is C16H20N4O2. The summed E-state index contributed by atoms with van der Waals surface area (Å²) in [6, 6.07) is 9.83. The van der Waals surface area contributed by atoms with Crippen molar-refractivity contribution in [2.75, 3.05) is 19.7 Å². The lowest BCUT2D eigenvalue weighted by Gasteiger charge is -2.31. The summed E-state index contributed by atoms with van der Waals surface area (Å²) in [4.78, 5) is 13.9. The van der Waals surface area contributed by atoms with E-state index in [4.69, 9.17) is 4.74 Å². The fourth-order valence-corrected chi connectivity index (χ4v) is 2.48. The standard InChI is InChI=1S/C16H20N4O2/c1-13-12-19(9-10-22-13)16(21)17-11-14-3-5-15(6-4-14)20-8-2-7-18-20/h2-8,13H,9-12H2,1H3,(H,17,21)/t13-/m1/s1. The number of carbonyl (C=O) groups is 1. The van der Waals surface area contributed by atoms with Gasteiger partial charge in [0.1, 0.15) is 0 Å². The van der Waals surface area contributed by atoms with Gasteiger partial charge in [0, 0.05) is 32.0 Å². The molecule has 1 aromatic heterocycles. The molecular weight excluding hydrogens is 280 g/mol. The number of ether oxygens (including phenoxy) is 1. The van der Waals surface area contributed by atoms with Crippen LogP contribution in [0.5, 0.6) is 0 Å². The normalized spacial score (nSPS) is 18.2. The Bertz CT molecular complexity index is 610. The molecule has 1 N–H and O–H groups in total. The number of morpholine rings is 1. The summed E-state index contributed by atoms with van der Waals surface area (Å²) in [5.41, 5.74) is 2.06. The minimum absolute atomic E-state index is 0.0358. The summed E-state index contributed by atoms with van der Waals surface area (Å²) in [6.07, 6.45) is 3.75. The van der Waals surface area contributed by atoms with Gasteiger partial charge in [-0.3, -0.25) is 0 Å². The van der Waals surface area contributed by atoms with Gasteiger partial charge in [0.05, 0.1) is 18.4 Å². The molecule has 0 unspecified atom stereocenters. The van der Waals surface area contributed by atoms with E-state index in [1.165, 1.54) is 0 Å². The molecule has 1 aliphatic heterocycles. The van der Waals surface area contributed by atoms with Crippen LogP contribution < -0.4 is 5.32 Å². The zero-order valence-electron chi connectivity index (χ0n) is 12.6. The highest BCUT2D eigenvalue weighted by molar-refractivity contribution is 5.74. The molecule has 1 aliphatic rings. The Morgan fingerprint density at radius 1 is 1.41 bits per heavy atom. The second-order valence-corrected chi connectivity index (χ2v) is 5.40. The smallest absolute Gasteiger partial charge is 0.317 e. The molecule has 0 radical (unpaired) electrons. The van der Waals surface area contributed by atoms with Gasteiger partial charge in [-0.15, -0.1) is 0 Å². The van der Waals surface area contributed by atoms with E-state index in [0.717, 1.165) is 11.3 Å². The van der Waals surface area contributed by atoms with Crippen molar-refractivity contribution in [2.24, 2.45) is 0 Å². The molecule has 22 heavy (non-hydrogen) atoms. The Kier molecular flexibility index (Phi) is 4.39. The molecule has 0 spiro atoms. The first kappa shape index (κ1) is 14.6. The SMILES string of the molecule is C[C@@H]1CN(C(=O)NCc2ccc(-n3cccn3)cc2)CCO1. The van der Waals surface area contributed by atoms with Crippen molar-refractivity contribution in [3.05, 3.63) is 48.3 Å². The lowest BCUT2D eigenvalue weighted by atomic mass is 10.2. The minimum atomic E-state index is -0.0358. The Balaban J connectivity index is 1.54. The van der Waals surface area contributed by atoms with Crippen LogP contribution in [0, 0.1) is 0 Å². The highest BCUT2D eigenvalue weighted by Gasteiger charge is 2.20. The van der Waals surface area contributed by atoms with E-state index in [1.807, 2.05) is 43.5 Å². The predicted octanol–water partition coefficient (Wildman–Crippen LogP) is 1.80. The number of aromatic nitrogens is 2. The van der Waals surface area contributed by atoms with Crippen molar-refractivity contribution < 1.29 is 9.53 Å². The molecule has 116 valence electrons. The average molecular weight is 300 g/mol. The summed E-state index contributed by atoms with van der Waals surface area (Å²) in [5.74, 6) is 0. The van der Waals surface area contributed by atoms with Gasteiger partial charge in [0.2, 0.25) is 0 Å². The van der Waals surface area contributed by atoms with Crippen molar-refractivity contribution in [3.63, 3.8) is 0 Å². The van der Waals surface area contributed by atoms with E-state index in [2.05, 4.69) is 10.4 Å². The number of amides is 2. The maximum Gasteiger partial charge on any atom is 0.317 e. The Morgan fingerprint density at radius 3 is 2.91 bits per heavy atom. The van der Waals surface area contributed by atoms with E-state index in [1.54, 1.807) is 15.8 Å². The van der Waals surface area contributed by atoms with Gasteiger partial charge < -0.3 is 15.0 Å². The Hall–Kier alpha value is -2.34. The molecule has 1 fully saturated rings. The maximum atomic E-state index is 12.1. The summed E-state index contributed by atoms with van der Waals surface area (Å²) >= 11 is 0. The topological polar surface area (TPSA) is 59.4 Å². The van der Waals surface area contributed by atoms with E-state index < -0.39 is 0 Å². The minimum Gasteiger partial charge on any atom is -0.375 e. The zero-order chi connectivity index (χ0) is 15.4. The molecule has 1 aromatic carbocycles. The molecule has 2 heterocycles. The number of carbonyl (C=O) groups excluding carboxylic acids is 1. The van der Waals surface area contributed by atoms with Crippen LogP contribution in [-0.2, 0) is 11.3 Å². The largest absolute Gasteiger partial charge is 0.375 e. The van der Waals surface area contributed by atoms with Crippen molar-refractivity contribution in [3.8, 4) is 5.69 Å². The first-order valence-corrected chi connectivity index (χ1v) is 7.46. The van der Waals surface area contributed by atoms with Crippen molar-refractivity contribution in [2.45, 2.75) is 19.6 Å². The lowest BCUT2D eigenvalue weighted by molar-refractivity contribution is -0.00351. The Labute approximate surface area is 129 Å². The van der Waals surface area contributed by atoms with Crippen LogP contribution in [0.15, 0.2) is 42.7 Å². The fraction of sp³-hybridized carbons (Fsp3) is 0.375. The molecule has 6 heteroatoms. The van der Waals surface area contributed by atoms with E-state index in [0.29, 0.717) is 26.2 Å². The van der Waals surface area contributed by atoms with Crippen molar-refractivity contribution >= 4 is 6.03 Å². The van der Waals surface area contributed by atoms with E-state index in [9.17, 15) is 4.79 Å². The molecule has 6 nitrogen and oxygen atoms in total. The van der Waals surface area contributed by atoms with Crippen LogP contribution in [0.25, 0.3) is 5.69 Å². The van der Waals surface area contributed by atoms with Crippen LogP contribution in [0.3, 0.4) is 0 Å². The van der Waals surface area contributed by atoms with Gasteiger partial charge >= 0.3 is 6.03 Å². The highest BCUT2D eigenvalue weighted by Crippen LogP contribution is 2.09. The zero-order valence-corrected chi connectivity index (χ0v) is 12.6. The highest BCUT2D eigenvalue weighted by atomic mass is 16.5. The van der Waals surface area contributed by atoms with Crippen LogP contribution in [-0.4, -0.2) is 46.5 Å². The molecule has 0 saturated carbocycles. The number of hydrogen-bond acceptors (Lipinski definition) is 3. The summed E-state index contributed by atoms with van der Waals surface area (Å²) in [6.45, 7) is 4.39. The molecule has 0 aliphatic carbocycles. The molecule has 1 saturated heterocycles. The van der Waals surface area contributed by atoms with Crippen LogP contribution >= 0.6 is 0 Å². The number of hydrogen-bond donors (Lipinski definition) is 1. The summed E-state index contributed by atoms with van der Waals surface area (Å²) in [5, 5.41) is 7.14. The van der Waals surface area contributed by atoms with Crippen LogP contribution in [0.2, 0.25) is 0 Å². The van der Waals surface area contributed by atoms with Crippen molar-refractivity contribution in [1.82, 2.24) is 20.0 Å². The number of urea groups is 1. The quantitative estimate of drug-likeness (QED) is 0.940.